The summed E-state index contributed by atoms with van der Waals surface area (Å²) in [6, 6.07) is 3.71. The Morgan fingerprint density at radius 2 is 1.63 bits per heavy atom. The van der Waals surface area contributed by atoms with E-state index in [0.29, 0.717) is 25.2 Å². The summed E-state index contributed by atoms with van der Waals surface area (Å²) in [5, 5.41) is 11.3. The lowest BCUT2D eigenvalue weighted by Gasteiger charge is -2.32. The summed E-state index contributed by atoms with van der Waals surface area (Å²) in [5.74, 6) is -1.75. The number of amides is 5. The Bertz CT molecular complexity index is 1130. The molecule has 0 radical (unpaired) electrons. The van der Waals surface area contributed by atoms with Crippen LogP contribution in [-0.4, -0.2) is 91.5 Å². The number of benzene rings is 1. The molecule has 238 valence electrons. The topological polar surface area (TPSA) is 155 Å². The van der Waals surface area contributed by atoms with E-state index in [9.17, 15) is 24.0 Å². The van der Waals surface area contributed by atoms with Gasteiger partial charge in [-0.1, -0.05) is 39.8 Å². The molecule has 2 aliphatic heterocycles. The normalized spacial score (nSPS) is 26.2. The third-order valence-corrected chi connectivity index (χ3v) is 7.74. The molecular formula is C31H47N5O7. The molecule has 2 heterocycles. The van der Waals surface area contributed by atoms with Gasteiger partial charge >= 0.3 is 0 Å². The van der Waals surface area contributed by atoms with Gasteiger partial charge < -0.3 is 35.6 Å². The number of methoxy groups -OCH3 is 1. The largest absolute Gasteiger partial charge is 0.497 e. The van der Waals surface area contributed by atoms with E-state index in [1.807, 2.05) is 27.7 Å². The highest BCUT2D eigenvalue weighted by Crippen LogP contribution is 2.17. The molecule has 3 rings (SSSR count). The van der Waals surface area contributed by atoms with Crippen molar-refractivity contribution in [3.8, 4) is 5.75 Å². The van der Waals surface area contributed by atoms with Gasteiger partial charge in [0.15, 0.2) is 0 Å². The minimum atomic E-state index is -1.02. The van der Waals surface area contributed by atoms with E-state index < -0.39 is 53.9 Å². The van der Waals surface area contributed by atoms with Gasteiger partial charge in [-0.2, -0.15) is 0 Å². The van der Waals surface area contributed by atoms with E-state index in [0.717, 1.165) is 12.0 Å². The summed E-state index contributed by atoms with van der Waals surface area (Å²) >= 11 is 0. The predicted octanol–water partition coefficient (Wildman–Crippen LogP) is 0.920. The smallest absolute Gasteiger partial charge is 0.252 e. The van der Waals surface area contributed by atoms with E-state index in [2.05, 4.69) is 21.3 Å². The molecular weight excluding hydrogens is 554 g/mol. The third kappa shape index (κ3) is 9.94. The lowest BCUT2D eigenvalue weighted by Crippen LogP contribution is -2.57. The molecule has 1 aromatic carbocycles. The highest BCUT2D eigenvalue weighted by Gasteiger charge is 2.35. The molecule has 2 aliphatic rings. The quantitative estimate of drug-likeness (QED) is 0.362. The van der Waals surface area contributed by atoms with Crippen LogP contribution in [0.2, 0.25) is 0 Å². The second-order valence-electron chi connectivity index (χ2n) is 12.2. The van der Waals surface area contributed by atoms with Gasteiger partial charge in [0.1, 0.15) is 30.0 Å². The number of nitrogens with one attached hydrogen (secondary N) is 4. The molecule has 0 unspecified atom stereocenters. The zero-order chi connectivity index (χ0) is 31.7. The molecule has 0 aromatic heterocycles. The van der Waals surface area contributed by atoms with Crippen molar-refractivity contribution in [2.75, 3.05) is 26.8 Å². The molecule has 4 N–H and O–H groups in total. The first-order chi connectivity index (χ1) is 20.4. The molecule has 12 nitrogen and oxygen atoms in total. The van der Waals surface area contributed by atoms with Crippen molar-refractivity contribution in [2.45, 2.75) is 90.6 Å². The van der Waals surface area contributed by atoms with Crippen LogP contribution in [0.5, 0.6) is 5.75 Å². The molecule has 12 heteroatoms. The SMILES string of the molecule is COc1ccc(C[C@@H]2NC(=O)[C@H](CC(C)C)NC(=O)CN(C(=O)[C@@H]3CCCO3)C[C@H](C(C)C)NC(=O)[C@@H](C)NC2=O)cc1. The van der Waals surface area contributed by atoms with Crippen molar-refractivity contribution in [3.05, 3.63) is 29.8 Å². The lowest BCUT2D eigenvalue weighted by atomic mass is 10.0. The summed E-state index contributed by atoms with van der Waals surface area (Å²) < 4.78 is 10.8. The van der Waals surface area contributed by atoms with Gasteiger partial charge in [-0.15, -0.1) is 0 Å². The van der Waals surface area contributed by atoms with Gasteiger partial charge in [0.2, 0.25) is 23.6 Å². The van der Waals surface area contributed by atoms with Crippen LogP contribution in [0.1, 0.15) is 59.4 Å². The summed E-state index contributed by atoms with van der Waals surface area (Å²) in [4.78, 5) is 68.5. The zero-order valence-corrected chi connectivity index (χ0v) is 26.1. The Balaban J connectivity index is 1.95. The van der Waals surface area contributed by atoms with Gasteiger partial charge in [-0.05, 0) is 55.7 Å². The van der Waals surface area contributed by atoms with Crippen LogP contribution in [0.15, 0.2) is 24.3 Å². The number of ether oxygens (including phenoxy) is 2. The first-order valence-corrected chi connectivity index (χ1v) is 15.1. The summed E-state index contributed by atoms with van der Waals surface area (Å²) in [7, 11) is 1.56. The summed E-state index contributed by atoms with van der Waals surface area (Å²) in [6.07, 6.45) is 1.10. The van der Waals surface area contributed by atoms with Crippen molar-refractivity contribution < 1.29 is 33.4 Å². The first-order valence-electron chi connectivity index (χ1n) is 15.1. The predicted molar refractivity (Wildman–Crippen MR) is 160 cm³/mol. The molecule has 0 spiro atoms. The van der Waals surface area contributed by atoms with Crippen LogP contribution in [0, 0.1) is 11.8 Å². The molecule has 0 saturated carbocycles. The van der Waals surface area contributed by atoms with E-state index in [1.165, 1.54) is 4.90 Å². The highest BCUT2D eigenvalue weighted by atomic mass is 16.5. The van der Waals surface area contributed by atoms with Crippen LogP contribution in [0.25, 0.3) is 0 Å². The monoisotopic (exact) mass is 601 g/mol. The molecule has 5 atom stereocenters. The molecule has 0 bridgehead atoms. The average molecular weight is 602 g/mol. The molecule has 43 heavy (non-hydrogen) atoms. The lowest BCUT2D eigenvalue weighted by molar-refractivity contribution is -0.145. The Hall–Kier alpha value is -3.67. The second-order valence-corrected chi connectivity index (χ2v) is 12.2. The van der Waals surface area contributed by atoms with E-state index in [4.69, 9.17) is 9.47 Å². The average Bonchev–Trinajstić information content (AvgIpc) is 3.49. The van der Waals surface area contributed by atoms with Crippen molar-refractivity contribution in [3.63, 3.8) is 0 Å². The Kier molecular flexibility index (Phi) is 12.4. The Morgan fingerprint density at radius 1 is 0.953 bits per heavy atom. The second kappa shape index (κ2) is 15.7. The van der Waals surface area contributed by atoms with Crippen molar-refractivity contribution in [1.29, 1.82) is 0 Å². The number of nitrogens with zero attached hydrogens (tertiary/aromatic N) is 1. The van der Waals surface area contributed by atoms with Crippen LogP contribution in [0.4, 0.5) is 0 Å². The van der Waals surface area contributed by atoms with Crippen LogP contribution < -0.4 is 26.0 Å². The fourth-order valence-corrected chi connectivity index (χ4v) is 5.15. The van der Waals surface area contributed by atoms with Crippen LogP contribution in [-0.2, 0) is 35.1 Å². The van der Waals surface area contributed by atoms with Crippen LogP contribution in [0.3, 0.4) is 0 Å². The first kappa shape index (κ1) is 33.8. The van der Waals surface area contributed by atoms with Crippen molar-refractivity contribution in [2.24, 2.45) is 11.8 Å². The molecule has 2 saturated heterocycles. The number of hydrogen-bond acceptors (Lipinski definition) is 7. The summed E-state index contributed by atoms with van der Waals surface area (Å²) in [5.41, 5.74) is 0.767. The summed E-state index contributed by atoms with van der Waals surface area (Å²) in [6.45, 7) is 9.46. The zero-order valence-electron chi connectivity index (χ0n) is 26.1. The van der Waals surface area contributed by atoms with Crippen molar-refractivity contribution in [1.82, 2.24) is 26.2 Å². The minimum Gasteiger partial charge on any atom is -0.497 e. The van der Waals surface area contributed by atoms with E-state index >= 15 is 0 Å². The maximum Gasteiger partial charge on any atom is 0.252 e. The number of carbonyl (C=O) groups is 5. The van der Waals surface area contributed by atoms with Gasteiger partial charge in [0, 0.05) is 25.6 Å². The maximum absolute atomic E-state index is 13.6. The maximum atomic E-state index is 13.6. The molecule has 2 fully saturated rings. The van der Waals surface area contributed by atoms with Crippen molar-refractivity contribution >= 4 is 29.5 Å². The Morgan fingerprint density at radius 3 is 2.21 bits per heavy atom. The minimum absolute atomic E-state index is 0.0452. The standard InChI is InChI=1S/C31H47N5O7/c1-18(2)14-23-30(40)34-24(15-21-9-11-22(42-6)12-10-21)29(39)32-20(5)28(38)35-25(19(3)4)16-36(17-27(37)33-23)31(41)26-8-7-13-43-26/h9-12,18-20,23-26H,7-8,13-17H2,1-6H3,(H,32,39)(H,33,37)(H,34,40)(H,35,38)/t20-,23+,24+,25-,26+/m1/s1. The third-order valence-electron chi connectivity index (χ3n) is 7.74. The molecule has 0 aliphatic carbocycles. The Labute approximate surface area is 254 Å². The molecule has 1 aromatic rings. The van der Waals surface area contributed by atoms with Gasteiger partial charge in [0.25, 0.3) is 5.91 Å². The fraction of sp³-hybridized carbons (Fsp3) is 0.645. The highest BCUT2D eigenvalue weighted by molar-refractivity contribution is 5.95. The van der Waals surface area contributed by atoms with Crippen LogP contribution >= 0.6 is 0 Å². The fourth-order valence-electron chi connectivity index (χ4n) is 5.15. The molecule has 5 amide bonds. The van der Waals surface area contributed by atoms with Gasteiger partial charge in [0.05, 0.1) is 13.7 Å². The number of hydrogen-bond donors (Lipinski definition) is 4. The van der Waals surface area contributed by atoms with E-state index in [-0.39, 0.29) is 37.3 Å². The number of rotatable bonds is 7. The van der Waals surface area contributed by atoms with Gasteiger partial charge in [-0.3, -0.25) is 24.0 Å². The van der Waals surface area contributed by atoms with E-state index in [1.54, 1.807) is 38.3 Å². The number of carbonyl (C=O) groups excluding carboxylic acids is 5. The van der Waals surface area contributed by atoms with Gasteiger partial charge in [-0.25, -0.2) is 0 Å².